The molecule has 1 N–H and O–H groups in total. The van der Waals surface area contributed by atoms with E-state index >= 15 is 0 Å². The third kappa shape index (κ3) is 3.10. The summed E-state index contributed by atoms with van der Waals surface area (Å²) >= 11 is 0. The molecule has 0 saturated carbocycles. The monoisotopic (exact) mass is 277 g/mol. The SMILES string of the molecule is CCC1CN(C(=O)CCC(=O)O)c2cc(C)ccc2O1. The summed E-state index contributed by atoms with van der Waals surface area (Å²) in [5.74, 6) is -0.429. The molecule has 0 radical (unpaired) electrons. The molecule has 5 heteroatoms. The van der Waals surface area contributed by atoms with Gasteiger partial charge in [0.15, 0.2) is 0 Å². The molecule has 1 atom stereocenters. The molecule has 0 aliphatic carbocycles. The third-order valence-corrected chi connectivity index (χ3v) is 3.39. The van der Waals surface area contributed by atoms with Crippen LogP contribution in [0.2, 0.25) is 0 Å². The van der Waals surface area contributed by atoms with Gasteiger partial charge in [0.05, 0.1) is 18.7 Å². The van der Waals surface area contributed by atoms with Gasteiger partial charge in [-0.25, -0.2) is 0 Å². The van der Waals surface area contributed by atoms with Gasteiger partial charge in [-0.15, -0.1) is 0 Å². The van der Waals surface area contributed by atoms with E-state index in [0.717, 1.165) is 17.7 Å². The summed E-state index contributed by atoms with van der Waals surface area (Å²) in [5.41, 5.74) is 1.78. The number of carbonyl (C=O) groups excluding carboxylic acids is 1. The van der Waals surface area contributed by atoms with Crippen molar-refractivity contribution in [3.63, 3.8) is 0 Å². The van der Waals surface area contributed by atoms with Crippen LogP contribution in [-0.2, 0) is 9.59 Å². The summed E-state index contributed by atoms with van der Waals surface area (Å²) in [5, 5.41) is 8.70. The Morgan fingerprint density at radius 1 is 1.40 bits per heavy atom. The highest BCUT2D eigenvalue weighted by atomic mass is 16.5. The van der Waals surface area contributed by atoms with Crippen molar-refractivity contribution >= 4 is 17.6 Å². The maximum absolute atomic E-state index is 12.2. The van der Waals surface area contributed by atoms with Crippen LogP contribution in [0, 0.1) is 6.92 Å². The van der Waals surface area contributed by atoms with Crippen LogP contribution in [0.3, 0.4) is 0 Å². The van der Waals surface area contributed by atoms with Gasteiger partial charge in [0.25, 0.3) is 0 Å². The zero-order valence-electron chi connectivity index (χ0n) is 11.8. The maximum atomic E-state index is 12.2. The Kier molecular flexibility index (Phi) is 4.27. The first kappa shape index (κ1) is 14.4. The largest absolute Gasteiger partial charge is 0.486 e. The number of aliphatic carboxylic acids is 1. The molecule has 1 aromatic rings. The Morgan fingerprint density at radius 3 is 2.80 bits per heavy atom. The Bertz CT molecular complexity index is 527. The first-order chi connectivity index (χ1) is 9.51. The Hall–Kier alpha value is -2.04. The fourth-order valence-corrected chi connectivity index (χ4v) is 2.25. The second-order valence-electron chi connectivity index (χ2n) is 5.02. The second kappa shape index (κ2) is 5.94. The maximum Gasteiger partial charge on any atom is 0.303 e. The van der Waals surface area contributed by atoms with Crippen LogP contribution in [0.1, 0.15) is 31.7 Å². The molecule has 0 spiro atoms. The fraction of sp³-hybridized carbons (Fsp3) is 0.467. The van der Waals surface area contributed by atoms with Gasteiger partial charge >= 0.3 is 5.97 Å². The topological polar surface area (TPSA) is 66.8 Å². The van der Waals surface area contributed by atoms with E-state index in [4.69, 9.17) is 9.84 Å². The molecule has 1 unspecified atom stereocenters. The van der Waals surface area contributed by atoms with Crippen molar-refractivity contribution < 1.29 is 19.4 Å². The van der Waals surface area contributed by atoms with Gasteiger partial charge in [-0.2, -0.15) is 0 Å². The van der Waals surface area contributed by atoms with Gasteiger partial charge in [0, 0.05) is 6.42 Å². The molecule has 0 fully saturated rings. The average molecular weight is 277 g/mol. The molecule has 0 saturated heterocycles. The Balaban J connectivity index is 2.25. The van der Waals surface area contributed by atoms with E-state index in [9.17, 15) is 9.59 Å². The van der Waals surface area contributed by atoms with Crippen molar-refractivity contribution in [2.45, 2.75) is 39.2 Å². The molecule has 108 valence electrons. The van der Waals surface area contributed by atoms with Gasteiger partial charge in [-0.05, 0) is 31.0 Å². The number of anilines is 1. The van der Waals surface area contributed by atoms with Crippen LogP contribution >= 0.6 is 0 Å². The van der Waals surface area contributed by atoms with Crippen molar-refractivity contribution in [1.82, 2.24) is 0 Å². The number of carboxylic acids is 1. The molecule has 1 aliphatic heterocycles. The average Bonchev–Trinajstić information content (AvgIpc) is 2.43. The fourth-order valence-electron chi connectivity index (χ4n) is 2.25. The molecule has 2 rings (SSSR count). The van der Waals surface area contributed by atoms with Crippen molar-refractivity contribution in [3.8, 4) is 5.75 Å². The van der Waals surface area contributed by atoms with Crippen LogP contribution in [-0.4, -0.2) is 29.6 Å². The van der Waals surface area contributed by atoms with E-state index < -0.39 is 5.97 Å². The molecule has 1 aliphatic rings. The minimum Gasteiger partial charge on any atom is -0.486 e. The van der Waals surface area contributed by atoms with Crippen LogP contribution in [0.15, 0.2) is 18.2 Å². The summed E-state index contributed by atoms with van der Waals surface area (Å²) in [7, 11) is 0. The minimum atomic E-state index is -0.955. The third-order valence-electron chi connectivity index (χ3n) is 3.39. The standard InChI is InChI=1S/C15H19NO4/c1-3-11-9-16(14(17)6-7-15(18)19)12-8-10(2)4-5-13(12)20-11/h4-5,8,11H,3,6-7,9H2,1-2H3,(H,18,19). The first-order valence-electron chi connectivity index (χ1n) is 6.80. The van der Waals surface area contributed by atoms with E-state index in [-0.39, 0.29) is 24.9 Å². The number of benzene rings is 1. The zero-order valence-corrected chi connectivity index (χ0v) is 11.8. The highest BCUT2D eigenvalue weighted by Gasteiger charge is 2.28. The molecule has 0 aromatic heterocycles. The molecular weight excluding hydrogens is 258 g/mol. The molecule has 5 nitrogen and oxygen atoms in total. The normalized spacial score (nSPS) is 17.3. The highest BCUT2D eigenvalue weighted by molar-refractivity contribution is 5.96. The van der Waals surface area contributed by atoms with Gasteiger partial charge < -0.3 is 14.7 Å². The predicted octanol–water partition coefficient (Wildman–Crippen LogP) is 2.36. The quantitative estimate of drug-likeness (QED) is 0.917. The summed E-state index contributed by atoms with van der Waals surface area (Å²) < 4.78 is 5.83. The number of rotatable bonds is 4. The van der Waals surface area contributed by atoms with Crippen molar-refractivity contribution in [3.05, 3.63) is 23.8 Å². The lowest BCUT2D eigenvalue weighted by Gasteiger charge is -2.34. The van der Waals surface area contributed by atoms with Crippen LogP contribution in [0.5, 0.6) is 5.75 Å². The predicted molar refractivity (Wildman–Crippen MR) is 75.1 cm³/mol. The van der Waals surface area contributed by atoms with Crippen LogP contribution in [0.25, 0.3) is 0 Å². The second-order valence-corrected chi connectivity index (χ2v) is 5.02. The number of ether oxygens (including phenoxy) is 1. The number of nitrogens with zero attached hydrogens (tertiary/aromatic N) is 1. The zero-order chi connectivity index (χ0) is 14.7. The number of fused-ring (bicyclic) bond motifs is 1. The minimum absolute atomic E-state index is 0.0130. The Labute approximate surface area is 118 Å². The van der Waals surface area contributed by atoms with Gasteiger partial charge in [0.1, 0.15) is 11.9 Å². The number of hydrogen-bond acceptors (Lipinski definition) is 3. The van der Waals surface area contributed by atoms with Crippen LogP contribution in [0.4, 0.5) is 5.69 Å². The van der Waals surface area contributed by atoms with Gasteiger partial charge in [-0.1, -0.05) is 13.0 Å². The van der Waals surface area contributed by atoms with Crippen molar-refractivity contribution in [1.29, 1.82) is 0 Å². The van der Waals surface area contributed by atoms with Crippen molar-refractivity contribution in [2.24, 2.45) is 0 Å². The molecule has 20 heavy (non-hydrogen) atoms. The lowest BCUT2D eigenvalue weighted by atomic mass is 10.1. The number of hydrogen-bond donors (Lipinski definition) is 1. The molecule has 1 aromatic carbocycles. The van der Waals surface area contributed by atoms with E-state index in [2.05, 4.69) is 0 Å². The summed E-state index contributed by atoms with van der Waals surface area (Å²) in [6, 6.07) is 5.71. The summed E-state index contributed by atoms with van der Waals surface area (Å²) in [6.45, 7) is 4.43. The molecule has 1 amide bonds. The lowest BCUT2D eigenvalue weighted by molar-refractivity contribution is -0.138. The van der Waals surface area contributed by atoms with E-state index in [1.54, 1.807) is 4.90 Å². The van der Waals surface area contributed by atoms with E-state index in [1.165, 1.54) is 0 Å². The van der Waals surface area contributed by atoms with Crippen molar-refractivity contribution in [2.75, 3.05) is 11.4 Å². The molecule has 0 bridgehead atoms. The van der Waals surface area contributed by atoms with Crippen LogP contribution < -0.4 is 9.64 Å². The summed E-state index contributed by atoms with van der Waals surface area (Å²) in [6.07, 6.45) is 0.627. The number of carboxylic acid groups (broad SMARTS) is 1. The lowest BCUT2D eigenvalue weighted by Crippen LogP contribution is -2.43. The molecular formula is C15H19NO4. The summed E-state index contributed by atoms with van der Waals surface area (Å²) in [4.78, 5) is 24.5. The number of aryl methyl sites for hydroxylation is 1. The van der Waals surface area contributed by atoms with Gasteiger partial charge in [0.2, 0.25) is 5.91 Å². The highest BCUT2D eigenvalue weighted by Crippen LogP contribution is 2.35. The number of carbonyl (C=O) groups is 2. The smallest absolute Gasteiger partial charge is 0.303 e. The van der Waals surface area contributed by atoms with Gasteiger partial charge in [-0.3, -0.25) is 9.59 Å². The van der Waals surface area contributed by atoms with E-state index in [0.29, 0.717) is 12.3 Å². The Morgan fingerprint density at radius 2 is 2.15 bits per heavy atom. The number of amides is 1. The van der Waals surface area contributed by atoms with E-state index in [1.807, 2.05) is 32.0 Å². The first-order valence-corrected chi connectivity index (χ1v) is 6.80. The molecule has 1 heterocycles.